The van der Waals surface area contributed by atoms with Crippen LogP contribution < -0.4 is 5.32 Å². The molecule has 26 heavy (non-hydrogen) atoms. The van der Waals surface area contributed by atoms with E-state index in [9.17, 15) is 4.79 Å². The van der Waals surface area contributed by atoms with Crippen molar-refractivity contribution in [3.8, 4) is 11.5 Å². The van der Waals surface area contributed by atoms with E-state index in [0.717, 1.165) is 16.6 Å². The molecule has 6 nitrogen and oxygen atoms in total. The van der Waals surface area contributed by atoms with Gasteiger partial charge in [0.15, 0.2) is 0 Å². The Balaban J connectivity index is 1.43. The van der Waals surface area contributed by atoms with Crippen molar-refractivity contribution in [2.24, 2.45) is 0 Å². The highest BCUT2D eigenvalue weighted by molar-refractivity contribution is 5.83. The van der Waals surface area contributed by atoms with E-state index in [1.807, 2.05) is 66.1 Å². The summed E-state index contributed by atoms with van der Waals surface area (Å²) >= 11 is 0. The van der Waals surface area contributed by atoms with Gasteiger partial charge in [0.1, 0.15) is 12.3 Å². The van der Waals surface area contributed by atoms with Crippen LogP contribution in [0.3, 0.4) is 0 Å². The Hall–Kier alpha value is -3.41. The van der Waals surface area contributed by atoms with Crippen molar-refractivity contribution in [2.45, 2.75) is 19.5 Å². The molecule has 0 unspecified atom stereocenters. The Morgan fingerprint density at radius 3 is 2.77 bits per heavy atom. The molecule has 2 heterocycles. The number of imidazole rings is 1. The van der Waals surface area contributed by atoms with Gasteiger partial charge < -0.3 is 14.3 Å². The Labute approximate surface area is 150 Å². The van der Waals surface area contributed by atoms with Crippen LogP contribution in [-0.4, -0.2) is 20.4 Å². The lowest BCUT2D eigenvalue weighted by molar-refractivity contribution is -0.123. The van der Waals surface area contributed by atoms with Crippen LogP contribution in [0.1, 0.15) is 18.7 Å². The van der Waals surface area contributed by atoms with Gasteiger partial charge in [0.25, 0.3) is 0 Å². The summed E-state index contributed by atoms with van der Waals surface area (Å²) < 4.78 is 7.36. The Morgan fingerprint density at radius 1 is 1.15 bits per heavy atom. The van der Waals surface area contributed by atoms with Crippen molar-refractivity contribution in [1.82, 2.24) is 19.9 Å². The average Bonchev–Trinajstić information content (AvgIpc) is 3.33. The summed E-state index contributed by atoms with van der Waals surface area (Å²) in [7, 11) is 0. The van der Waals surface area contributed by atoms with E-state index in [1.54, 1.807) is 12.6 Å². The van der Waals surface area contributed by atoms with Crippen molar-refractivity contribution in [1.29, 1.82) is 0 Å². The Kier molecular flexibility index (Phi) is 4.23. The zero-order valence-electron chi connectivity index (χ0n) is 14.3. The SMILES string of the molecule is C[C@@H](C(=O)NCc1coc(-c2ccccc2)n1)n1cnc2ccccc21. The molecule has 130 valence electrons. The molecule has 0 spiro atoms. The number of hydrogen-bond acceptors (Lipinski definition) is 4. The molecule has 0 aliphatic heterocycles. The van der Waals surface area contributed by atoms with Gasteiger partial charge in [-0.05, 0) is 31.2 Å². The zero-order chi connectivity index (χ0) is 17.9. The molecule has 4 rings (SSSR count). The summed E-state index contributed by atoms with van der Waals surface area (Å²) in [6, 6.07) is 17.0. The van der Waals surface area contributed by atoms with Crippen LogP contribution in [0.4, 0.5) is 0 Å². The monoisotopic (exact) mass is 346 g/mol. The number of carbonyl (C=O) groups is 1. The van der Waals surface area contributed by atoms with Gasteiger partial charge in [-0.1, -0.05) is 30.3 Å². The minimum atomic E-state index is -0.372. The topological polar surface area (TPSA) is 73.0 Å². The Morgan fingerprint density at radius 2 is 1.92 bits per heavy atom. The molecule has 1 amide bonds. The summed E-state index contributed by atoms with van der Waals surface area (Å²) in [5.74, 6) is 0.445. The van der Waals surface area contributed by atoms with E-state index in [1.165, 1.54) is 0 Å². The number of aromatic nitrogens is 3. The van der Waals surface area contributed by atoms with Crippen LogP contribution in [0.25, 0.3) is 22.5 Å². The number of hydrogen-bond donors (Lipinski definition) is 1. The first kappa shape index (κ1) is 16.1. The molecular formula is C20H18N4O2. The van der Waals surface area contributed by atoms with Crippen molar-refractivity contribution < 1.29 is 9.21 Å². The van der Waals surface area contributed by atoms with E-state index in [-0.39, 0.29) is 11.9 Å². The fraction of sp³-hybridized carbons (Fsp3) is 0.150. The van der Waals surface area contributed by atoms with Crippen LogP contribution in [-0.2, 0) is 11.3 Å². The molecule has 0 aliphatic carbocycles. The lowest BCUT2D eigenvalue weighted by atomic mass is 10.2. The van der Waals surface area contributed by atoms with E-state index >= 15 is 0 Å². The number of rotatable bonds is 5. The molecule has 0 saturated carbocycles. The second kappa shape index (κ2) is 6.84. The molecule has 0 aliphatic rings. The zero-order valence-corrected chi connectivity index (χ0v) is 14.3. The predicted molar refractivity (Wildman–Crippen MR) is 98.2 cm³/mol. The fourth-order valence-electron chi connectivity index (χ4n) is 2.84. The molecule has 2 aromatic carbocycles. The van der Waals surface area contributed by atoms with Crippen molar-refractivity contribution in [3.05, 3.63) is 72.9 Å². The highest BCUT2D eigenvalue weighted by Crippen LogP contribution is 2.19. The van der Waals surface area contributed by atoms with Crippen LogP contribution in [0.2, 0.25) is 0 Å². The lowest BCUT2D eigenvalue weighted by Crippen LogP contribution is -2.30. The third-order valence-corrected chi connectivity index (χ3v) is 4.29. The Bertz CT molecular complexity index is 1040. The molecule has 0 fully saturated rings. The van der Waals surface area contributed by atoms with Crippen molar-refractivity contribution in [2.75, 3.05) is 0 Å². The van der Waals surface area contributed by atoms with E-state index in [2.05, 4.69) is 15.3 Å². The van der Waals surface area contributed by atoms with E-state index in [4.69, 9.17) is 4.42 Å². The first-order chi connectivity index (χ1) is 12.7. The second-order valence-electron chi connectivity index (χ2n) is 6.04. The number of benzene rings is 2. The summed E-state index contributed by atoms with van der Waals surface area (Å²) in [5, 5.41) is 2.91. The minimum Gasteiger partial charge on any atom is -0.444 e. The molecule has 1 N–H and O–H groups in total. The molecule has 1 atom stereocenters. The molecule has 0 bridgehead atoms. The maximum absolute atomic E-state index is 12.5. The smallest absolute Gasteiger partial charge is 0.243 e. The molecule has 6 heteroatoms. The molecule has 0 saturated heterocycles. The van der Waals surface area contributed by atoms with Crippen molar-refractivity contribution in [3.63, 3.8) is 0 Å². The van der Waals surface area contributed by atoms with Gasteiger partial charge in [0.2, 0.25) is 11.8 Å². The number of para-hydroxylation sites is 2. The summed E-state index contributed by atoms with van der Waals surface area (Å²) in [6.45, 7) is 2.16. The van der Waals surface area contributed by atoms with Crippen molar-refractivity contribution >= 4 is 16.9 Å². The number of oxazole rings is 1. The number of nitrogens with zero attached hydrogens (tertiary/aromatic N) is 3. The highest BCUT2D eigenvalue weighted by atomic mass is 16.3. The number of fused-ring (bicyclic) bond motifs is 1. The fourth-order valence-corrected chi connectivity index (χ4v) is 2.84. The van der Waals surface area contributed by atoms with Gasteiger partial charge in [0, 0.05) is 5.56 Å². The number of amides is 1. The average molecular weight is 346 g/mol. The number of carbonyl (C=O) groups excluding carboxylic acids is 1. The quantitative estimate of drug-likeness (QED) is 0.599. The third kappa shape index (κ3) is 3.09. The molecule has 2 aromatic heterocycles. The minimum absolute atomic E-state index is 0.0996. The largest absolute Gasteiger partial charge is 0.444 e. The van der Waals surface area contributed by atoms with Crippen LogP contribution in [0.5, 0.6) is 0 Å². The van der Waals surface area contributed by atoms with Crippen LogP contribution in [0, 0.1) is 0 Å². The first-order valence-electron chi connectivity index (χ1n) is 8.41. The summed E-state index contributed by atoms with van der Waals surface area (Å²) in [4.78, 5) is 21.3. The van der Waals surface area contributed by atoms with Gasteiger partial charge in [-0.15, -0.1) is 0 Å². The van der Waals surface area contributed by atoms with Gasteiger partial charge in [-0.3, -0.25) is 4.79 Å². The molecule has 0 radical (unpaired) electrons. The summed E-state index contributed by atoms with van der Waals surface area (Å²) in [6.07, 6.45) is 3.26. The second-order valence-corrected chi connectivity index (χ2v) is 6.04. The maximum atomic E-state index is 12.5. The van der Waals surface area contributed by atoms with Gasteiger partial charge in [0.05, 0.1) is 29.6 Å². The van der Waals surface area contributed by atoms with Gasteiger partial charge >= 0.3 is 0 Å². The molecular weight excluding hydrogens is 328 g/mol. The lowest BCUT2D eigenvalue weighted by Gasteiger charge is -2.14. The molecule has 4 aromatic rings. The normalized spacial score (nSPS) is 12.2. The van der Waals surface area contributed by atoms with E-state index < -0.39 is 0 Å². The van der Waals surface area contributed by atoms with Gasteiger partial charge in [-0.25, -0.2) is 9.97 Å². The standard InChI is InChI=1S/C20H18N4O2/c1-14(24-13-22-17-9-5-6-10-18(17)24)19(25)21-11-16-12-26-20(23-16)15-7-3-2-4-8-15/h2-10,12-14H,11H2,1H3,(H,21,25)/t14-/m0/s1. The predicted octanol–water partition coefficient (Wildman–Crippen LogP) is 3.57. The van der Waals surface area contributed by atoms with Crippen LogP contribution in [0.15, 0.2) is 71.6 Å². The highest BCUT2D eigenvalue weighted by Gasteiger charge is 2.17. The first-order valence-corrected chi connectivity index (χ1v) is 8.41. The van der Waals surface area contributed by atoms with E-state index in [0.29, 0.717) is 18.1 Å². The van der Waals surface area contributed by atoms with Gasteiger partial charge in [-0.2, -0.15) is 0 Å². The number of nitrogens with one attached hydrogen (secondary N) is 1. The van der Waals surface area contributed by atoms with Crippen LogP contribution >= 0.6 is 0 Å². The maximum Gasteiger partial charge on any atom is 0.243 e. The third-order valence-electron chi connectivity index (χ3n) is 4.29. The summed E-state index contributed by atoms with van der Waals surface area (Å²) in [5.41, 5.74) is 3.39.